The Balaban J connectivity index is 2.32. The average molecular weight is 256 g/mol. The monoisotopic (exact) mass is 255 g/mol. The highest BCUT2D eigenvalue weighted by molar-refractivity contribution is 6.30. The molecule has 2 nitrogen and oxygen atoms in total. The average Bonchev–Trinajstić information content (AvgIpc) is 2.35. The standard InChI is InChI=1S/C14H22ClNO/c1-3-12(11-17)10-16(2)9-8-13-4-6-14(15)7-5-13/h4-7,12,17H,3,8-11H2,1-2H3. The Hall–Kier alpha value is -0.570. The third-order valence-electron chi connectivity index (χ3n) is 3.10. The summed E-state index contributed by atoms with van der Waals surface area (Å²) in [6, 6.07) is 8.00. The van der Waals surface area contributed by atoms with Crippen LogP contribution < -0.4 is 0 Å². The van der Waals surface area contributed by atoms with Gasteiger partial charge in [-0.15, -0.1) is 0 Å². The van der Waals surface area contributed by atoms with Gasteiger partial charge in [-0.05, 0) is 43.5 Å². The lowest BCUT2D eigenvalue weighted by Gasteiger charge is -2.21. The van der Waals surface area contributed by atoms with Gasteiger partial charge in [-0.25, -0.2) is 0 Å². The molecule has 1 aromatic rings. The van der Waals surface area contributed by atoms with Crippen LogP contribution in [0.25, 0.3) is 0 Å². The van der Waals surface area contributed by atoms with E-state index in [0.717, 1.165) is 31.0 Å². The molecule has 0 fully saturated rings. The van der Waals surface area contributed by atoms with E-state index in [-0.39, 0.29) is 6.61 Å². The van der Waals surface area contributed by atoms with Gasteiger partial charge in [0.2, 0.25) is 0 Å². The molecule has 0 aliphatic carbocycles. The quantitative estimate of drug-likeness (QED) is 0.810. The predicted molar refractivity (Wildman–Crippen MR) is 73.5 cm³/mol. The molecule has 1 aromatic carbocycles. The molecule has 17 heavy (non-hydrogen) atoms. The number of hydrogen-bond acceptors (Lipinski definition) is 2. The van der Waals surface area contributed by atoms with Crippen molar-refractivity contribution >= 4 is 11.6 Å². The molecule has 1 atom stereocenters. The summed E-state index contributed by atoms with van der Waals surface area (Å²) in [4.78, 5) is 2.28. The van der Waals surface area contributed by atoms with Gasteiger partial charge in [-0.2, -0.15) is 0 Å². The van der Waals surface area contributed by atoms with Crippen molar-refractivity contribution in [1.29, 1.82) is 0 Å². The van der Waals surface area contributed by atoms with E-state index in [0.29, 0.717) is 5.92 Å². The summed E-state index contributed by atoms with van der Waals surface area (Å²) >= 11 is 5.84. The second kappa shape index (κ2) is 7.70. The Morgan fingerprint density at radius 2 is 1.94 bits per heavy atom. The normalized spacial score (nSPS) is 13.0. The first-order valence-electron chi connectivity index (χ1n) is 6.19. The molecule has 1 N–H and O–H groups in total. The third-order valence-corrected chi connectivity index (χ3v) is 3.35. The van der Waals surface area contributed by atoms with Crippen molar-refractivity contribution in [3.8, 4) is 0 Å². The van der Waals surface area contributed by atoms with E-state index in [2.05, 4.69) is 31.0 Å². The fraction of sp³-hybridized carbons (Fsp3) is 0.571. The van der Waals surface area contributed by atoms with Gasteiger partial charge in [0.25, 0.3) is 0 Å². The van der Waals surface area contributed by atoms with Gasteiger partial charge in [0.05, 0.1) is 0 Å². The van der Waals surface area contributed by atoms with Crippen LogP contribution in [0.15, 0.2) is 24.3 Å². The van der Waals surface area contributed by atoms with Crippen LogP contribution >= 0.6 is 11.6 Å². The molecule has 0 aromatic heterocycles. The van der Waals surface area contributed by atoms with Crippen LogP contribution in [-0.4, -0.2) is 36.8 Å². The number of nitrogens with zero attached hydrogens (tertiary/aromatic N) is 1. The summed E-state index contributed by atoms with van der Waals surface area (Å²) in [6.45, 7) is 4.37. The van der Waals surface area contributed by atoms with Gasteiger partial charge < -0.3 is 10.0 Å². The van der Waals surface area contributed by atoms with E-state index in [4.69, 9.17) is 16.7 Å². The number of halogens is 1. The molecule has 96 valence electrons. The topological polar surface area (TPSA) is 23.5 Å². The Bertz CT molecular complexity index is 309. The minimum atomic E-state index is 0.280. The molecule has 1 unspecified atom stereocenters. The van der Waals surface area contributed by atoms with Gasteiger partial charge in [0.15, 0.2) is 0 Å². The first kappa shape index (κ1) is 14.5. The molecular formula is C14H22ClNO. The summed E-state index contributed by atoms with van der Waals surface area (Å²) in [6.07, 6.45) is 2.05. The van der Waals surface area contributed by atoms with Crippen LogP contribution in [0, 0.1) is 5.92 Å². The van der Waals surface area contributed by atoms with E-state index >= 15 is 0 Å². The third kappa shape index (κ3) is 5.53. The number of rotatable bonds is 7. The zero-order valence-electron chi connectivity index (χ0n) is 10.7. The molecule has 0 saturated carbocycles. The van der Waals surface area contributed by atoms with E-state index in [9.17, 15) is 0 Å². The van der Waals surface area contributed by atoms with Crippen molar-refractivity contribution in [3.63, 3.8) is 0 Å². The number of hydrogen-bond donors (Lipinski definition) is 1. The fourth-order valence-corrected chi connectivity index (χ4v) is 1.95. The molecular weight excluding hydrogens is 234 g/mol. The number of likely N-dealkylation sites (N-methyl/N-ethyl adjacent to an activating group) is 1. The highest BCUT2D eigenvalue weighted by atomic mass is 35.5. The first-order valence-corrected chi connectivity index (χ1v) is 6.57. The molecule has 0 bridgehead atoms. The maximum absolute atomic E-state index is 9.15. The Labute approximate surface area is 109 Å². The van der Waals surface area contributed by atoms with Crippen LogP contribution in [0.5, 0.6) is 0 Å². The van der Waals surface area contributed by atoms with Crippen LogP contribution in [0.3, 0.4) is 0 Å². The van der Waals surface area contributed by atoms with Gasteiger partial charge in [-0.3, -0.25) is 0 Å². The predicted octanol–water partition coefficient (Wildman–Crippen LogP) is 2.83. The zero-order valence-corrected chi connectivity index (χ0v) is 11.5. The summed E-state index contributed by atoms with van der Waals surface area (Å²) in [5.41, 5.74) is 1.30. The highest BCUT2D eigenvalue weighted by Crippen LogP contribution is 2.10. The highest BCUT2D eigenvalue weighted by Gasteiger charge is 2.08. The van der Waals surface area contributed by atoms with Crippen molar-refractivity contribution in [2.75, 3.05) is 26.7 Å². The second-order valence-corrected chi connectivity index (χ2v) is 5.03. The van der Waals surface area contributed by atoms with E-state index in [1.165, 1.54) is 5.56 Å². The summed E-state index contributed by atoms with van der Waals surface area (Å²) in [5.74, 6) is 0.394. The summed E-state index contributed by atoms with van der Waals surface area (Å²) in [5, 5.41) is 9.93. The molecule has 0 heterocycles. The lowest BCUT2D eigenvalue weighted by atomic mass is 10.1. The summed E-state index contributed by atoms with van der Waals surface area (Å²) < 4.78 is 0. The second-order valence-electron chi connectivity index (χ2n) is 4.60. The first-order chi connectivity index (χ1) is 8.15. The lowest BCUT2D eigenvalue weighted by Crippen LogP contribution is -2.29. The smallest absolute Gasteiger partial charge is 0.0471 e. The Kier molecular flexibility index (Phi) is 6.56. The van der Waals surface area contributed by atoms with E-state index in [1.54, 1.807) is 0 Å². The van der Waals surface area contributed by atoms with Crippen molar-refractivity contribution < 1.29 is 5.11 Å². The van der Waals surface area contributed by atoms with Crippen LogP contribution in [-0.2, 0) is 6.42 Å². The number of aliphatic hydroxyl groups excluding tert-OH is 1. The van der Waals surface area contributed by atoms with E-state index in [1.807, 2.05) is 12.1 Å². The SMILES string of the molecule is CCC(CO)CN(C)CCc1ccc(Cl)cc1. The van der Waals surface area contributed by atoms with E-state index < -0.39 is 0 Å². The van der Waals surface area contributed by atoms with Crippen LogP contribution in [0.4, 0.5) is 0 Å². The Morgan fingerprint density at radius 3 is 2.47 bits per heavy atom. The van der Waals surface area contributed by atoms with Gasteiger partial charge in [-0.1, -0.05) is 30.7 Å². The zero-order chi connectivity index (χ0) is 12.7. The molecule has 0 amide bonds. The minimum absolute atomic E-state index is 0.280. The number of benzene rings is 1. The molecule has 0 radical (unpaired) electrons. The maximum atomic E-state index is 9.15. The van der Waals surface area contributed by atoms with Crippen molar-refractivity contribution in [1.82, 2.24) is 4.90 Å². The molecule has 0 saturated heterocycles. The van der Waals surface area contributed by atoms with Crippen LogP contribution in [0.2, 0.25) is 5.02 Å². The molecule has 0 spiro atoms. The van der Waals surface area contributed by atoms with Crippen LogP contribution in [0.1, 0.15) is 18.9 Å². The minimum Gasteiger partial charge on any atom is -0.396 e. The van der Waals surface area contributed by atoms with Crippen molar-refractivity contribution in [2.45, 2.75) is 19.8 Å². The van der Waals surface area contributed by atoms with Gasteiger partial charge >= 0.3 is 0 Å². The molecule has 0 aliphatic heterocycles. The number of aliphatic hydroxyl groups is 1. The Morgan fingerprint density at radius 1 is 1.29 bits per heavy atom. The van der Waals surface area contributed by atoms with Gasteiger partial charge in [0.1, 0.15) is 0 Å². The maximum Gasteiger partial charge on any atom is 0.0471 e. The fourth-order valence-electron chi connectivity index (χ4n) is 1.82. The van der Waals surface area contributed by atoms with Gasteiger partial charge in [0, 0.05) is 24.7 Å². The molecule has 1 rings (SSSR count). The molecule has 3 heteroatoms. The lowest BCUT2D eigenvalue weighted by molar-refractivity contribution is 0.177. The molecule has 0 aliphatic rings. The van der Waals surface area contributed by atoms with Crippen molar-refractivity contribution in [2.24, 2.45) is 5.92 Å². The largest absolute Gasteiger partial charge is 0.396 e. The summed E-state index contributed by atoms with van der Waals surface area (Å²) in [7, 11) is 2.11. The van der Waals surface area contributed by atoms with Crippen molar-refractivity contribution in [3.05, 3.63) is 34.9 Å².